The number of benzene rings is 1. The van der Waals surface area contributed by atoms with E-state index in [9.17, 15) is 8.42 Å². The molecule has 1 saturated heterocycles. The van der Waals surface area contributed by atoms with E-state index in [1.54, 1.807) is 12.1 Å². The van der Waals surface area contributed by atoms with Gasteiger partial charge in [-0.3, -0.25) is 0 Å². The highest BCUT2D eigenvalue weighted by molar-refractivity contribution is 7.90. The molecule has 0 unspecified atom stereocenters. The van der Waals surface area contributed by atoms with Gasteiger partial charge in [0, 0.05) is 25.2 Å². The van der Waals surface area contributed by atoms with Crippen LogP contribution in [0.4, 0.5) is 0 Å². The van der Waals surface area contributed by atoms with E-state index in [0.29, 0.717) is 16.8 Å². The van der Waals surface area contributed by atoms with Gasteiger partial charge in [0.05, 0.1) is 6.04 Å². The minimum Gasteiger partial charge on any atom is -0.350 e. The molecule has 0 bridgehead atoms. The Balaban J connectivity index is 2.07. The van der Waals surface area contributed by atoms with Crippen molar-refractivity contribution >= 4 is 15.9 Å². The monoisotopic (exact) mass is 265 g/mol. The quantitative estimate of drug-likeness (QED) is 0.842. The lowest BCUT2D eigenvalue weighted by Crippen LogP contribution is -2.58. The standard InChI is InChI=1S/C12H15N3O2S/c1-2-15(9-7-13-8-9)12-10-5-3-4-6-11(10)18(16,17)14-12/h3-6,9,13H,2,7-8H2,1H3. The third-order valence-corrected chi connectivity index (χ3v) is 4.75. The van der Waals surface area contributed by atoms with Gasteiger partial charge in [0.15, 0.2) is 5.84 Å². The first-order chi connectivity index (χ1) is 8.63. The molecule has 0 spiro atoms. The van der Waals surface area contributed by atoms with Gasteiger partial charge in [-0.1, -0.05) is 12.1 Å². The van der Waals surface area contributed by atoms with Gasteiger partial charge in [0.1, 0.15) is 4.90 Å². The predicted molar refractivity (Wildman–Crippen MR) is 69.2 cm³/mol. The molecule has 2 aliphatic heterocycles. The first-order valence-corrected chi connectivity index (χ1v) is 7.49. The van der Waals surface area contributed by atoms with Crippen LogP contribution >= 0.6 is 0 Å². The van der Waals surface area contributed by atoms with Crippen LogP contribution in [-0.2, 0) is 10.0 Å². The topological polar surface area (TPSA) is 61.8 Å². The molecule has 0 aromatic heterocycles. The fraction of sp³-hybridized carbons (Fsp3) is 0.417. The van der Waals surface area contributed by atoms with Crippen molar-refractivity contribution in [3.05, 3.63) is 29.8 Å². The van der Waals surface area contributed by atoms with Crippen LogP contribution in [0.1, 0.15) is 12.5 Å². The second kappa shape index (κ2) is 4.07. The minimum absolute atomic E-state index is 0.325. The number of amidine groups is 1. The molecular weight excluding hydrogens is 250 g/mol. The normalized spacial score (nSPS) is 21.1. The highest BCUT2D eigenvalue weighted by Gasteiger charge is 2.35. The largest absolute Gasteiger partial charge is 0.350 e. The van der Waals surface area contributed by atoms with Gasteiger partial charge < -0.3 is 10.2 Å². The van der Waals surface area contributed by atoms with Gasteiger partial charge in [0.25, 0.3) is 10.0 Å². The fourth-order valence-corrected chi connectivity index (χ4v) is 3.59. The third kappa shape index (κ3) is 1.64. The summed E-state index contributed by atoms with van der Waals surface area (Å²) >= 11 is 0. The summed E-state index contributed by atoms with van der Waals surface area (Å²) in [6.07, 6.45) is 0. The third-order valence-electron chi connectivity index (χ3n) is 3.43. The zero-order valence-corrected chi connectivity index (χ0v) is 10.9. The van der Waals surface area contributed by atoms with Crippen LogP contribution in [0, 0.1) is 0 Å². The number of fused-ring (bicyclic) bond motifs is 1. The molecule has 2 heterocycles. The molecule has 6 heteroatoms. The summed E-state index contributed by atoms with van der Waals surface area (Å²) in [4.78, 5) is 2.39. The maximum atomic E-state index is 12.0. The Hall–Kier alpha value is -1.40. The molecule has 96 valence electrons. The summed E-state index contributed by atoms with van der Waals surface area (Å²) in [6.45, 7) is 4.55. The number of nitrogens with zero attached hydrogens (tertiary/aromatic N) is 2. The van der Waals surface area contributed by atoms with Gasteiger partial charge in [-0.05, 0) is 19.1 Å². The number of sulfonamides is 1. The van der Waals surface area contributed by atoms with E-state index < -0.39 is 10.0 Å². The van der Waals surface area contributed by atoms with Crippen LogP contribution in [0.15, 0.2) is 33.6 Å². The molecule has 2 aliphatic rings. The Kier molecular flexibility index (Phi) is 2.64. The molecule has 0 aliphatic carbocycles. The van der Waals surface area contributed by atoms with Gasteiger partial charge in [-0.2, -0.15) is 8.42 Å². The van der Waals surface area contributed by atoms with E-state index in [1.165, 1.54) is 0 Å². The number of rotatable bonds is 2. The van der Waals surface area contributed by atoms with Gasteiger partial charge >= 0.3 is 0 Å². The molecule has 5 nitrogen and oxygen atoms in total. The average Bonchev–Trinajstić information content (AvgIpc) is 2.57. The zero-order chi connectivity index (χ0) is 12.8. The SMILES string of the molecule is CCN(C1=NS(=O)(=O)c2ccccc21)C1CNC1. The van der Waals surface area contributed by atoms with Crippen LogP contribution in [0.25, 0.3) is 0 Å². The van der Waals surface area contributed by atoms with Crippen LogP contribution < -0.4 is 5.32 Å². The summed E-state index contributed by atoms with van der Waals surface area (Å²) in [6, 6.07) is 7.37. The van der Waals surface area contributed by atoms with Crippen molar-refractivity contribution in [3.63, 3.8) is 0 Å². The first-order valence-electron chi connectivity index (χ1n) is 6.05. The van der Waals surface area contributed by atoms with Crippen molar-refractivity contribution in [3.8, 4) is 0 Å². The molecule has 0 saturated carbocycles. The second-order valence-corrected chi connectivity index (χ2v) is 6.06. The van der Waals surface area contributed by atoms with Crippen molar-refractivity contribution in [2.45, 2.75) is 17.9 Å². The molecule has 1 N–H and O–H groups in total. The number of hydrogen-bond donors (Lipinski definition) is 1. The lowest BCUT2D eigenvalue weighted by Gasteiger charge is -2.38. The van der Waals surface area contributed by atoms with E-state index in [4.69, 9.17) is 0 Å². The van der Waals surface area contributed by atoms with Crippen LogP contribution in [-0.4, -0.2) is 44.8 Å². The maximum absolute atomic E-state index is 12.0. The van der Waals surface area contributed by atoms with E-state index in [0.717, 1.165) is 25.2 Å². The summed E-state index contributed by atoms with van der Waals surface area (Å²) in [5, 5.41) is 3.20. The molecule has 1 fully saturated rings. The van der Waals surface area contributed by atoms with Crippen molar-refractivity contribution in [1.82, 2.24) is 10.2 Å². The van der Waals surface area contributed by atoms with Crippen molar-refractivity contribution in [2.24, 2.45) is 4.40 Å². The molecular formula is C12H15N3O2S. The minimum atomic E-state index is -3.50. The molecule has 1 aromatic rings. The Bertz CT molecular complexity index is 606. The second-order valence-electron chi connectivity index (χ2n) is 4.48. The highest BCUT2D eigenvalue weighted by atomic mass is 32.2. The van der Waals surface area contributed by atoms with Gasteiger partial charge in [0.2, 0.25) is 0 Å². The molecule has 0 radical (unpaired) electrons. The first kappa shape index (κ1) is 11.7. The molecule has 0 amide bonds. The van der Waals surface area contributed by atoms with E-state index in [-0.39, 0.29) is 0 Å². The number of nitrogens with one attached hydrogen (secondary N) is 1. The molecule has 18 heavy (non-hydrogen) atoms. The summed E-state index contributed by atoms with van der Waals surface area (Å²) < 4.78 is 27.9. The van der Waals surface area contributed by atoms with Crippen LogP contribution in [0.3, 0.4) is 0 Å². The van der Waals surface area contributed by atoms with Gasteiger partial charge in [-0.15, -0.1) is 4.40 Å². The Morgan fingerprint density at radius 1 is 1.39 bits per heavy atom. The van der Waals surface area contributed by atoms with E-state index in [2.05, 4.69) is 14.6 Å². The smallest absolute Gasteiger partial charge is 0.285 e. The summed E-state index contributed by atoms with van der Waals surface area (Å²) in [7, 11) is -3.50. The maximum Gasteiger partial charge on any atom is 0.285 e. The van der Waals surface area contributed by atoms with Gasteiger partial charge in [-0.25, -0.2) is 0 Å². The molecule has 3 rings (SSSR count). The number of likely N-dealkylation sites (N-methyl/N-ethyl adjacent to an activating group) is 1. The Labute approximate surface area is 107 Å². The molecule has 1 aromatic carbocycles. The zero-order valence-electron chi connectivity index (χ0n) is 10.1. The predicted octanol–water partition coefficient (Wildman–Crippen LogP) is 0.429. The summed E-state index contributed by atoms with van der Waals surface area (Å²) in [5.41, 5.74) is 0.728. The fourth-order valence-electron chi connectivity index (χ4n) is 2.37. The van der Waals surface area contributed by atoms with Crippen LogP contribution in [0.2, 0.25) is 0 Å². The lowest BCUT2D eigenvalue weighted by atomic mass is 10.1. The average molecular weight is 265 g/mol. The van der Waals surface area contributed by atoms with E-state index in [1.807, 2.05) is 19.1 Å². The van der Waals surface area contributed by atoms with Crippen LogP contribution in [0.5, 0.6) is 0 Å². The Morgan fingerprint density at radius 2 is 2.11 bits per heavy atom. The van der Waals surface area contributed by atoms with Crippen molar-refractivity contribution in [1.29, 1.82) is 0 Å². The summed E-state index contributed by atoms with van der Waals surface area (Å²) in [5.74, 6) is 0.597. The van der Waals surface area contributed by atoms with Crippen molar-refractivity contribution < 1.29 is 8.42 Å². The number of hydrogen-bond acceptors (Lipinski definition) is 4. The Morgan fingerprint density at radius 3 is 2.72 bits per heavy atom. The lowest BCUT2D eigenvalue weighted by molar-refractivity contribution is 0.240. The highest BCUT2D eigenvalue weighted by Crippen LogP contribution is 2.28. The molecule has 0 atom stereocenters. The van der Waals surface area contributed by atoms with E-state index >= 15 is 0 Å². The van der Waals surface area contributed by atoms with Crippen molar-refractivity contribution in [2.75, 3.05) is 19.6 Å².